The van der Waals surface area contributed by atoms with Crippen LogP contribution in [0.1, 0.15) is 33.8 Å². The molecule has 21 heavy (non-hydrogen) atoms. The number of thiazole rings is 1. The van der Waals surface area contributed by atoms with Crippen molar-refractivity contribution in [3.05, 3.63) is 50.5 Å². The molecular weight excluding hydrogens is 290 g/mol. The Labute approximate surface area is 125 Å². The third-order valence-electron chi connectivity index (χ3n) is 3.39. The number of rotatable bonds is 3. The molecule has 0 saturated heterocycles. The summed E-state index contributed by atoms with van der Waals surface area (Å²) in [4.78, 5) is 28.0. The number of carbonyl (C=O) groups is 1. The number of nitro benzene ring substituents is 1. The Bertz CT molecular complexity index is 688. The zero-order chi connectivity index (χ0) is 14.8. The van der Waals surface area contributed by atoms with E-state index >= 15 is 0 Å². The molecule has 1 N–H and O–H groups in total. The molecule has 1 aromatic heterocycles. The van der Waals surface area contributed by atoms with Gasteiger partial charge in [-0.05, 0) is 31.7 Å². The van der Waals surface area contributed by atoms with Crippen LogP contribution in [0.2, 0.25) is 0 Å². The fraction of sp³-hybridized carbons (Fsp3) is 0.286. The Morgan fingerprint density at radius 2 is 2.14 bits per heavy atom. The fourth-order valence-electron chi connectivity index (χ4n) is 2.34. The molecule has 0 aliphatic heterocycles. The number of nitrogens with zero attached hydrogens (tertiary/aromatic N) is 2. The van der Waals surface area contributed by atoms with Crippen LogP contribution >= 0.6 is 11.3 Å². The van der Waals surface area contributed by atoms with Gasteiger partial charge >= 0.3 is 0 Å². The smallest absolute Gasteiger partial charge is 0.270 e. The lowest BCUT2D eigenvalue weighted by molar-refractivity contribution is -0.384. The van der Waals surface area contributed by atoms with E-state index in [4.69, 9.17) is 0 Å². The molecule has 0 spiro atoms. The molecule has 0 radical (unpaired) electrons. The molecule has 0 atom stereocenters. The molecule has 1 heterocycles. The van der Waals surface area contributed by atoms with E-state index in [9.17, 15) is 14.9 Å². The van der Waals surface area contributed by atoms with E-state index in [2.05, 4.69) is 10.3 Å². The van der Waals surface area contributed by atoms with Crippen LogP contribution in [0.15, 0.2) is 24.3 Å². The minimum Gasteiger partial charge on any atom is -0.298 e. The topological polar surface area (TPSA) is 85.1 Å². The van der Waals surface area contributed by atoms with Gasteiger partial charge in [0.1, 0.15) is 0 Å². The predicted molar refractivity (Wildman–Crippen MR) is 79.8 cm³/mol. The Morgan fingerprint density at radius 3 is 2.90 bits per heavy atom. The Morgan fingerprint density at radius 1 is 1.33 bits per heavy atom. The van der Waals surface area contributed by atoms with Gasteiger partial charge in [-0.2, -0.15) is 0 Å². The van der Waals surface area contributed by atoms with Crippen molar-refractivity contribution in [2.45, 2.75) is 25.7 Å². The van der Waals surface area contributed by atoms with Gasteiger partial charge in [0, 0.05) is 22.6 Å². The Kier molecular flexibility index (Phi) is 3.66. The standard InChI is InChI=1S/C14H13N3O3S/c18-13(9-4-3-5-10(8-9)17(19)20)16-14-15-11-6-1-2-7-12(11)21-14/h3-5,8H,1-2,6-7H2,(H,15,16,18). The molecule has 0 unspecified atom stereocenters. The van der Waals surface area contributed by atoms with Crippen LogP contribution < -0.4 is 5.32 Å². The summed E-state index contributed by atoms with van der Waals surface area (Å²) < 4.78 is 0. The molecule has 7 heteroatoms. The summed E-state index contributed by atoms with van der Waals surface area (Å²) in [5.41, 5.74) is 1.24. The quantitative estimate of drug-likeness (QED) is 0.697. The summed E-state index contributed by atoms with van der Waals surface area (Å²) in [7, 11) is 0. The van der Waals surface area contributed by atoms with E-state index in [0.717, 1.165) is 31.4 Å². The zero-order valence-electron chi connectivity index (χ0n) is 11.2. The lowest BCUT2D eigenvalue weighted by atomic mass is 10.0. The van der Waals surface area contributed by atoms with Crippen molar-refractivity contribution < 1.29 is 9.72 Å². The highest BCUT2D eigenvalue weighted by molar-refractivity contribution is 7.15. The van der Waals surface area contributed by atoms with Crippen molar-refractivity contribution in [3.63, 3.8) is 0 Å². The van der Waals surface area contributed by atoms with Gasteiger partial charge in [0.25, 0.3) is 11.6 Å². The number of carbonyl (C=O) groups excluding carboxylic acids is 1. The highest BCUT2D eigenvalue weighted by Gasteiger charge is 2.17. The van der Waals surface area contributed by atoms with Gasteiger partial charge in [0.15, 0.2) is 5.13 Å². The molecule has 1 aliphatic carbocycles. The normalized spacial score (nSPS) is 13.5. The van der Waals surface area contributed by atoms with Gasteiger partial charge in [0.2, 0.25) is 0 Å². The molecule has 6 nitrogen and oxygen atoms in total. The highest BCUT2D eigenvalue weighted by Crippen LogP contribution is 2.29. The average Bonchev–Trinajstić information content (AvgIpc) is 2.89. The van der Waals surface area contributed by atoms with E-state index < -0.39 is 4.92 Å². The number of nitrogens with one attached hydrogen (secondary N) is 1. The Hall–Kier alpha value is -2.28. The number of benzene rings is 1. The summed E-state index contributed by atoms with van der Waals surface area (Å²) >= 11 is 1.49. The van der Waals surface area contributed by atoms with Crippen LogP contribution in [0.25, 0.3) is 0 Å². The van der Waals surface area contributed by atoms with Gasteiger partial charge < -0.3 is 0 Å². The van der Waals surface area contributed by atoms with Gasteiger partial charge in [0.05, 0.1) is 10.6 Å². The number of nitro groups is 1. The molecule has 1 aliphatic rings. The second-order valence-electron chi connectivity index (χ2n) is 4.86. The number of hydrogen-bond donors (Lipinski definition) is 1. The Balaban J connectivity index is 1.78. The van der Waals surface area contributed by atoms with Crippen LogP contribution in [0.3, 0.4) is 0 Å². The largest absolute Gasteiger partial charge is 0.298 e. The van der Waals surface area contributed by atoms with Crippen molar-refractivity contribution in [1.82, 2.24) is 4.98 Å². The number of non-ortho nitro benzene ring substituents is 1. The predicted octanol–water partition coefficient (Wildman–Crippen LogP) is 3.18. The van der Waals surface area contributed by atoms with E-state index in [-0.39, 0.29) is 17.2 Å². The molecule has 2 aromatic rings. The summed E-state index contributed by atoms with van der Waals surface area (Å²) in [5.74, 6) is -0.371. The fourth-order valence-corrected chi connectivity index (χ4v) is 3.38. The molecule has 3 rings (SSSR count). The molecule has 0 saturated carbocycles. The van der Waals surface area contributed by atoms with Crippen LogP contribution in [0.5, 0.6) is 0 Å². The molecule has 108 valence electrons. The first-order valence-electron chi connectivity index (χ1n) is 6.68. The van der Waals surface area contributed by atoms with E-state index in [1.165, 1.54) is 34.4 Å². The minimum absolute atomic E-state index is 0.0962. The molecular formula is C14H13N3O3S. The first-order valence-corrected chi connectivity index (χ1v) is 7.49. The van der Waals surface area contributed by atoms with Gasteiger partial charge in [-0.25, -0.2) is 4.98 Å². The lowest BCUT2D eigenvalue weighted by Gasteiger charge is -2.06. The van der Waals surface area contributed by atoms with Crippen LogP contribution in [0, 0.1) is 10.1 Å². The van der Waals surface area contributed by atoms with Crippen molar-refractivity contribution in [2.24, 2.45) is 0 Å². The number of fused-ring (bicyclic) bond motifs is 1. The van der Waals surface area contributed by atoms with Crippen LogP contribution in [-0.2, 0) is 12.8 Å². The lowest BCUT2D eigenvalue weighted by Crippen LogP contribution is -2.12. The van der Waals surface area contributed by atoms with Gasteiger partial charge in [-0.15, -0.1) is 11.3 Å². The maximum atomic E-state index is 12.1. The molecule has 1 aromatic carbocycles. The van der Waals surface area contributed by atoms with Crippen molar-refractivity contribution in [1.29, 1.82) is 0 Å². The van der Waals surface area contributed by atoms with E-state index in [1.54, 1.807) is 6.07 Å². The maximum absolute atomic E-state index is 12.1. The third kappa shape index (κ3) is 2.92. The molecule has 0 bridgehead atoms. The van der Waals surface area contributed by atoms with Crippen molar-refractivity contribution in [2.75, 3.05) is 5.32 Å². The number of amides is 1. The SMILES string of the molecule is O=C(Nc1nc2c(s1)CCCC2)c1cccc([N+](=O)[O-])c1. The molecule has 0 fully saturated rings. The third-order valence-corrected chi connectivity index (χ3v) is 4.46. The summed E-state index contributed by atoms with van der Waals surface area (Å²) in [6, 6.07) is 5.68. The summed E-state index contributed by atoms with van der Waals surface area (Å²) in [6.45, 7) is 0. The van der Waals surface area contributed by atoms with Crippen LogP contribution in [0.4, 0.5) is 10.8 Å². The minimum atomic E-state index is -0.515. The zero-order valence-corrected chi connectivity index (χ0v) is 12.0. The second-order valence-corrected chi connectivity index (χ2v) is 5.94. The monoisotopic (exact) mass is 303 g/mol. The number of aryl methyl sites for hydroxylation is 2. The van der Waals surface area contributed by atoms with Gasteiger partial charge in [-0.1, -0.05) is 6.07 Å². The maximum Gasteiger partial charge on any atom is 0.270 e. The first kappa shape index (κ1) is 13.7. The number of aromatic nitrogens is 1. The van der Waals surface area contributed by atoms with E-state index in [1.807, 2.05) is 0 Å². The molecule has 1 amide bonds. The van der Waals surface area contributed by atoms with E-state index in [0.29, 0.717) is 5.13 Å². The highest BCUT2D eigenvalue weighted by atomic mass is 32.1. The van der Waals surface area contributed by atoms with Crippen molar-refractivity contribution in [3.8, 4) is 0 Å². The second kappa shape index (κ2) is 5.61. The van der Waals surface area contributed by atoms with Crippen LogP contribution in [-0.4, -0.2) is 15.8 Å². The van der Waals surface area contributed by atoms with Crippen molar-refractivity contribution >= 4 is 28.1 Å². The van der Waals surface area contributed by atoms with Gasteiger partial charge in [-0.3, -0.25) is 20.2 Å². The number of anilines is 1. The number of hydrogen-bond acceptors (Lipinski definition) is 5. The average molecular weight is 303 g/mol. The summed E-state index contributed by atoms with van der Waals surface area (Å²) in [6.07, 6.45) is 4.26. The summed E-state index contributed by atoms with van der Waals surface area (Å²) in [5, 5.41) is 14.0. The first-order chi connectivity index (χ1) is 10.1.